The molecule has 1 aromatic rings. The molecule has 2 N–H and O–H groups in total. The van der Waals surface area contributed by atoms with E-state index < -0.39 is 0 Å². The average molecular weight is 208 g/mol. The molecule has 1 rings (SSSR count). The van der Waals surface area contributed by atoms with E-state index in [1.54, 1.807) is 0 Å². The van der Waals surface area contributed by atoms with Crippen LogP contribution in [0.1, 0.15) is 32.0 Å². The van der Waals surface area contributed by atoms with Crippen LogP contribution in [0.25, 0.3) is 0 Å². The third-order valence-electron chi connectivity index (χ3n) is 2.26. The van der Waals surface area contributed by atoms with Crippen LogP contribution in [0, 0.1) is 0 Å². The molecule has 0 amide bonds. The molecule has 1 aromatic heterocycles. The lowest BCUT2D eigenvalue weighted by molar-refractivity contribution is 0.747. The minimum Gasteiger partial charge on any atom is -0.360 e. The van der Waals surface area contributed by atoms with Gasteiger partial charge in [0.2, 0.25) is 0 Å². The molecule has 1 heterocycles. The third-order valence-corrected chi connectivity index (χ3v) is 2.26. The maximum absolute atomic E-state index is 5.47. The van der Waals surface area contributed by atoms with E-state index in [2.05, 4.69) is 28.7 Å². The van der Waals surface area contributed by atoms with Crippen LogP contribution in [0.15, 0.2) is 12.3 Å². The first-order chi connectivity index (χ1) is 7.15. The first-order valence-corrected chi connectivity index (χ1v) is 5.39. The molecular formula is C11H20N4. The van der Waals surface area contributed by atoms with Gasteiger partial charge in [0.05, 0.1) is 0 Å². The minimum absolute atomic E-state index is 0.368. The van der Waals surface area contributed by atoms with Gasteiger partial charge >= 0.3 is 0 Å². The number of anilines is 1. The highest BCUT2D eigenvalue weighted by atomic mass is 15.2. The Labute approximate surface area is 91.5 Å². The van der Waals surface area contributed by atoms with E-state index in [1.807, 2.05) is 19.3 Å². The second kappa shape index (κ2) is 5.66. The van der Waals surface area contributed by atoms with E-state index in [0.29, 0.717) is 12.5 Å². The SMILES string of the molecule is CC(C)c1nccc(N(C)CCCN)n1. The van der Waals surface area contributed by atoms with Crippen LogP contribution in [0.2, 0.25) is 0 Å². The van der Waals surface area contributed by atoms with Crippen LogP contribution in [0.5, 0.6) is 0 Å². The lowest BCUT2D eigenvalue weighted by atomic mass is 10.2. The Bertz CT molecular complexity index is 298. The van der Waals surface area contributed by atoms with Crippen molar-refractivity contribution in [3.05, 3.63) is 18.1 Å². The van der Waals surface area contributed by atoms with E-state index in [4.69, 9.17) is 5.73 Å². The summed E-state index contributed by atoms with van der Waals surface area (Å²) in [7, 11) is 2.03. The van der Waals surface area contributed by atoms with Crippen molar-refractivity contribution < 1.29 is 0 Å². The molecule has 0 fully saturated rings. The Kier molecular flexibility index (Phi) is 4.49. The second-order valence-electron chi connectivity index (χ2n) is 3.99. The first-order valence-electron chi connectivity index (χ1n) is 5.39. The summed E-state index contributed by atoms with van der Waals surface area (Å²) in [6, 6.07) is 1.93. The minimum atomic E-state index is 0.368. The van der Waals surface area contributed by atoms with Gasteiger partial charge in [-0.3, -0.25) is 0 Å². The molecule has 0 aliphatic carbocycles. The normalized spacial score (nSPS) is 10.7. The Morgan fingerprint density at radius 2 is 2.20 bits per heavy atom. The molecule has 0 saturated heterocycles. The zero-order valence-corrected chi connectivity index (χ0v) is 9.77. The van der Waals surface area contributed by atoms with Crippen LogP contribution in [0.3, 0.4) is 0 Å². The van der Waals surface area contributed by atoms with Crippen molar-refractivity contribution in [2.45, 2.75) is 26.2 Å². The summed E-state index contributed by atoms with van der Waals surface area (Å²) in [5, 5.41) is 0. The summed E-state index contributed by atoms with van der Waals surface area (Å²) in [6.07, 6.45) is 2.80. The molecule has 0 atom stereocenters. The van der Waals surface area contributed by atoms with Gasteiger partial charge in [0.25, 0.3) is 0 Å². The molecule has 0 aliphatic heterocycles. The van der Waals surface area contributed by atoms with E-state index in [9.17, 15) is 0 Å². The Morgan fingerprint density at radius 1 is 1.47 bits per heavy atom. The zero-order valence-electron chi connectivity index (χ0n) is 9.77. The van der Waals surface area contributed by atoms with Crippen molar-refractivity contribution in [3.63, 3.8) is 0 Å². The summed E-state index contributed by atoms with van der Waals surface area (Å²) in [4.78, 5) is 10.8. The van der Waals surface area contributed by atoms with Crippen molar-refractivity contribution in [1.82, 2.24) is 9.97 Å². The molecule has 0 radical (unpaired) electrons. The highest BCUT2D eigenvalue weighted by Crippen LogP contribution is 2.13. The summed E-state index contributed by atoms with van der Waals surface area (Å²) < 4.78 is 0. The first kappa shape index (κ1) is 11.9. The average Bonchev–Trinajstić information content (AvgIpc) is 2.26. The fourth-order valence-corrected chi connectivity index (χ4v) is 1.30. The number of aromatic nitrogens is 2. The highest BCUT2D eigenvalue weighted by molar-refractivity contribution is 5.36. The van der Waals surface area contributed by atoms with Crippen molar-refractivity contribution in [3.8, 4) is 0 Å². The van der Waals surface area contributed by atoms with Gasteiger partial charge in [0, 0.05) is 25.7 Å². The lowest BCUT2D eigenvalue weighted by Crippen LogP contribution is -2.22. The molecular weight excluding hydrogens is 188 g/mol. The number of hydrogen-bond donors (Lipinski definition) is 1. The molecule has 0 spiro atoms. The highest BCUT2D eigenvalue weighted by Gasteiger charge is 2.06. The third kappa shape index (κ3) is 3.47. The molecule has 0 aromatic carbocycles. The monoisotopic (exact) mass is 208 g/mol. The summed E-state index contributed by atoms with van der Waals surface area (Å²) in [5.74, 6) is 2.24. The fraction of sp³-hybridized carbons (Fsp3) is 0.636. The van der Waals surface area contributed by atoms with Crippen LogP contribution in [0.4, 0.5) is 5.82 Å². The zero-order chi connectivity index (χ0) is 11.3. The van der Waals surface area contributed by atoms with Gasteiger partial charge in [-0.2, -0.15) is 0 Å². The largest absolute Gasteiger partial charge is 0.360 e. The van der Waals surface area contributed by atoms with Gasteiger partial charge in [0.15, 0.2) is 0 Å². The van der Waals surface area contributed by atoms with Crippen molar-refractivity contribution in [2.75, 3.05) is 25.0 Å². The maximum Gasteiger partial charge on any atom is 0.133 e. The van der Waals surface area contributed by atoms with Gasteiger partial charge < -0.3 is 10.6 Å². The molecule has 4 nitrogen and oxygen atoms in total. The second-order valence-corrected chi connectivity index (χ2v) is 3.99. The van der Waals surface area contributed by atoms with Crippen molar-refractivity contribution >= 4 is 5.82 Å². The van der Waals surface area contributed by atoms with E-state index in [1.165, 1.54) is 0 Å². The van der Waals surface area contributed by atoms with Crippen LogP contribution in [-0.4, -0.2) is 30.1 Å². The summed E-state index contributed by atoms with van der Waals surface area (Å²) in [6.45, 7) is 5.84. The number of rotatable bonds is 5. The summed E-state index contributed by atoms with van der Waals surface area (Å²) >= 11 is 0. The van der Waals surface area contributed by atoms with Crippen molar-refractivity contribution in [1.29, 1.82) is 0 Å². The molecule has 0 unspecified atom stereocenters. The number of nitrogens with zero attached hydrogens (tertiary/aromatic N) is 3. The Morgan fingerprint density at radius 3 is 2.80 bits per heavy atom. The quantitative estimate of drug-likeness (QED) is 0.794. The van der Waals surface area contributed by atoms with Crippen LogP contribution < -0.4 is 10.6 Å². The van der Waals surface area contributed by atoms with Crippen LogP contribution in [-0.2, 0) is 0 Å². The standard InChI is InChI=1S/C11H20N4/c1-9(2)11-13-7-5-10(14-11)15(3)8-4-6-12/h5,7,9H,4,6,8,12H2,1-3H3. The molecule has 0 bridgehead atoms. The van der Waals surface area contributed by atoms with Gasteiger partial charge in [-0.25, -0.2) is 9.97 Å². The molecule has 15 heavy (non-hydrogen) atoms. The van der Waals surface area contributed by atoms with Gasteiger partial charge in [-0.1, -0.05) is 13.8 Å². The predicted molar refractivity (Wildman–Crippen MR) is 63.1 cm³/mol. The Hall–Kier alpha value is -1.16. The Balaban J connectivity index is 2.71. The number of hydrogen-bond acceptors (Lipinski definition) is 4. The van der Waals surface area contributed by atoms with E-state index >= 15 is 0 Å². The smallest absolute Gasteiger partial charge is 0.133 e. The van der Waals surface area contributed by atoms with Gasteiger partial charge in [-0.05, 0) is 19.0 Å². The van der Waals surface area contributed by atoms with Gasteiger partial charge in [0.1, 0.15) is 11.6 Å². The molecule has 4 heteroatoms. The predicted octanol–water partition coefficient (Wildman–Crippen LogP) is 1.39. The summed E-state index contributed by atoms with van der Waals surface area (Å²) in [5.41, 5.74) is 5.47. The molecule has 84 valence electrons. The molecule has 0 saturated carbocycles. The maximum atomic E-state index is 5.47. The fourth-order valence-electron chi connectivity index (χ4n) is 1.30. The van der Waals surface area contributed by atoms with Crippen molar-refractivity contribution in [2.24, 2.45) is 5.73 Å². The van der Waals surface area contributed by atoms with E-state index in [0.717, 1.165) is 24.6 Å². The topological polar surface area (TPSA) is 55.0 Å². The van der Waals surface area contributed by atoms with Crippen LogP contribution >= 0.6 is 0 Å². The van der Waals surface area contributed by atoms with E-state index in [-0.39, 0.29) is 0 Å². The van der Waals surface area contributed by atoms with Gasteiger partial charge in [-0.15, -0.1) is 0 Å². The number of nitrogens with two attached hydrogens (primary N) is 1. The lowest BCUT2D eigenvalue weighted by Gasteiger charge is -2.18. The molecule has 0 aliphatic rings.